The molecule has 4 aromatic rings. The summed E-state index contributed by atoms with van der Waals surface area (Å²) in [6.07, 6.45) is 0. The van der Waals surface area contributed by atoms with Crippen LogP contribution in [0, 0.1) is 0 Å². The Labute approximate surface area is 157 Å². The maximum absolute atomic E-state index is 12.7. The SMILES string of the molecule is O=C(O)c1ccc2oc3cc(C(=O)c4ccc(Cl)cc4)ccc3c(=O)c2c1. The molecule has 6 heteroatoms. The average molecular weight is 379 g/mol. The number of carbonyl (C=O) groups excluding carboxylic acids is 1. The van der Waals surface area contributed by atoms with Crippen LogP contribution in [0.3, 0.4) is 0 Å². The maximum Gasteiger partial charge on any atom is 0.335 e. The summed E-state index contributed by atoms with van der Waals surface area (Å²) in [7, 11) is 0. The Morgan fingerprint density at radius 1 is 0.778 bits per heavy atom. The molecule has 0 aliphatic rings. The quantitative estimate of drug-likeness (QED) is 0.418. The molecule has 0 fully saturated rings. The molecule has 132 valence electrons. The first-order chi connectivity index (χ1) is 12.9. The zero-order chi connectivity index (χ0) is 19.1. The van der Waals surface area contributed by atoms with Gasteiger partial charge < -0.3 is 9.52 Å². The molecule has 0 saturated carbocycles. The molecule has 27 heavy (non-hydrogen) atoms. The Balaban J connectivity index is 1.87. The van der Waals surface area contributed by atoms with Crippen LogP contribution in [0.1, 0.15) is 26.3 Å². The maximum atomic E-state index is 12.7. The van der Waals surface area contributed by atoms with Crippen LogP contribution >= 0.6 is 11.6 Å². The summed E-state index contributed by atoms with van der Waals surface area (Å²) >= 11 is 5.85. The minimum absolute atomic E-state index is 0.00341. The third kappa shape index (κ3) is 2.98. The van der Waals surface area contributed by atoms with E-state index in [1.54, 1.807) is 30.3 Å². The van der Waals surface area contributed by atoms with Crippen molar-refractivity contribution in [3.8, 4) is 0 Å². The summed E-state index contributed by atoms with van der Waals surface area (Å²) in [6, 6.07) is 15.2. The van der Waals surface area contributed by atoms with E-state index in [0.29, 0.717) is 16.1 Å². The highest BCUT2D eigenvalue weighted by atomic mass is 35.5. The largest absolute Gasteiger partial charge is 0.478 e. The molecule has 1 heterocycles. The van der Waals surface area contributed by atoms with Crippen LogP contribution in [-0.4, -0.2) is 16.9 Å². The molecule has 0 unspecified atom stereocenters. The zero-order valence-corrected chi connectivity index (χ0v) is 14.5. The molecular weight excluding hydrogens is 368 g/mol. The highest BCUT2D eigenvalue weighted by Gasteiger charge is 2.14. The lowest BCUT2D eigenvalue weighted by molar-refractivity contribution is 0.0697. The minimum Gasteiger partial charge on any atom is -0.478 e. The van der Waals surface area contributed by atoms with Gasteiger partial charge in [-0.1, -0.05) is 17.7 Å². The van der Waals surface area contributed by atoms with E-state index < -0.39 is 5.97 Å². The number of carboxylic acid groups (broad SMARTS) is 1. The number of aromatic carboxylic acids is 1. The first kappa shape index (κ1) is 17.0. The molecule has 5 nitrogen and oxygen atoms in total. The molecule has 0 aliphatic carbocycles. The fourth-order valence-electron chi connectivity index (χ4n) is 2.90. The van der Waals surface area contributed by atoms with Crippen LogP contribution in [-0.2, 0) is 0 Å². The second kappa shape index (κ2) is 6.37. The van der Waals surface area contributed by atoms with Gasteiger partial charge in [0, 0.05) is 16.1 Å². The number of benzene rings is 3. The van der Waals surface area contributed by atoms with Crippen LogP contribution in [0.15, 0.2) is 69.9 Å². The zero-order valence-electron chi connectivity index (χ0n) is 13.7. The lowest BCUT2D eigenvalue weighted by atomic mass is 10.0. The van der Waals surface area contributed by atoms with Gasteiger partial charge in [0.05, 0.1) is 16.3 Å². The van der Waals surface area contributed by atoms with E-state index in [-0.39, 0.29) is 38.7 Å². The lowest BCUT2D eigenvalue weighted by Crippen LogP contribution is -2.06. The number of carboxylic acids is 1. The Hall–Kier alpha value is -3.44. The first-order valence-electron chi connectivity index (χ1n) is 7.98. The molecule has 0 radical (unpaired) electrons. The molecule has 4 rings (SSSR count). The van der Waals surface area contributed by atoms with Gasteiger partial charge >= 0.3 is 5.97 Å². The minimum atomic E-state index is -1.12. The molecule has 1 N–H and O–H groups in total. The number of fused-ring (bicyclic) bond motifs is 2. The Morgan fingerprint density at radius 2 is 1.44 bits per heavy atom. The van der Waals surface area contributed by atoms with Gasteiger partial charge in [-0.15, -0.1) is 0 Å². The van der Waals surface area contributed by atoms with Crippen LogP contribution in [0.4, 0.5) is 0 Å². The predicted molar refractivity (Wildman–Crippen MR) is 102 cm³/mol. The van der Waals surface area contributed by atoms with E-state index in [9.17, 15) is 14.4 Å². The molecule has 0 saturated heterocycles. The number of hydrogen-bond donors (Lipinski definition) is 1. The van der Waals surface area contributed by atoms with Crippen molar-refractivity contribution in [3.05, 3.63) is 92.6 Å². The first-order valence-corrected chi connectivity index (χ1v) is 8.36. The van der Waals surface area contributed by atoms with Crippen LogP contribution in [0.2, 0.25) is 5.02 Å². The van der Waals surface area contributed by atoms with E-state index in [1.807, 2.05) is 0 Å². The second-order valence-corrected chi connectivity index (χ2v) is 6.43. The summed E-state index contributed by atoms with van der Waals surface area (Å²) in [4.78, 5) is 36.5. The number of halogens is 1. The number of rotatable bonds is 3. The highest BCUT2D eigenvalue weighted by molar-refractivity contribution is 6.30. The van der Waals surface area contributed by atoms with E-state index in [1.165, 1.54) is 30.3 Å². The number of carbonyl (C=O) groups is 2. The predicted octanol–water partition coefficient (Wildman–Crippen LogP) is 4.53. The lowest BCUT2D eigenvalue weighted by Gasteiger charge is -2.05. The Bertz CT molecular complexity index is 1290. The van der Waals surface area contributed by atoms with Gasteiger partial charge in [-0.05, 0) is 54.6 Å². The normalized spacial score (nSPS) is 11.0. The molecular formula is C21H11ClO5. The Morgan fingerprint density at radius 3 is 2.15 bits per heavy atom. The summed E-state index contributed by atoms with van der Waals surface area (Å²) in [5.74, 6) is -1.35. The summed E-state index contributed by atoms with van der Waals surface area (Å²) < 4.78 is 5.74. The van der Waals surface area contributed by atoms with E-state index >= 15 is 0 Å². The summed E-state index contributed by atoms with van der Waals surface area (Å²) in [6.45, 7) is 0. The third-order valence-electron chi connectivity index (χ3n) is 4.29. The van der Waals surface area contributed by atoms with Crippen LogP contribution in [0.25, 0.3) is 21.9 Å². The van der Waals surface area contributed by atoms with Crippen molar-refractivity contribution in [3.63, 3.8) is 0 Å². The summed E-state index contributed by atoms with van der Waals surface area (Å²) in [5, 5.41) is 10.1. The van der Waals surface area contributed by atoms with Crippen molar-refractivity contribution < 1.29 is 19.1 Å². The fraction of sp³-hybridized carbons (Fsp3) is 0. The van der Waals surface area contributed by atoms with Crippen molar-refractivity contribution in [2.45, 2.75) is 0 Å². The van der Waals surface area contributed by atoms with Crippen LogP contribution in [0.5, 0.6) is 0 Å². The van der Waals surface area contributed by atoms with E-state index in [0.717, 1.165) is 0 Å². The van der Waals surface area contributed by atoms with Crippen molar-refractivity contribution in [1.82, 2.24) is 0 Å². The van der Waals surface area contributed by atoms with E-state index in [4.69, 9.17) is 21.1 Å². The molecule has 0 spiro atoms. The second-order valence-electron chi connectivity index (χ2n) is 5.99. The van der Waals surface area contributed by atoms with Gasteiger partial charge in [-0.3, -0.25) is 9.59 Å². The standard InChI is InChI=1S/C21H11ClO5/c22-14-5-1-11(2-6-14)19(23)12-3-7-15-18(10-12)27-17-8-4-13(21(25)26)9-16(17)20(15)24/h1-10H,(H,25,26). The van der Waals surface area contributed by atoms with Crippen molar-refractivity contribution >= 4 is 45.3 Å². The van der Waals surface area contributed by atoms with Gasteiger partial charge in [-0.2, -0.15) is 0 Å². The van der Waals surface area contributed by atoms with Gasteiger partial charge in [0.25, 0.3) is 0 Å². The Kier molecular flexibility index (Phi) is 4.01. The average Bonchev–Trinajstić information content (AvgIpc) is 2.67. The van der Waals surface area contributed by atoms with Crippen molar-refractivity contribution in [2.75, 3.05) is 0 Å². The summed E-state index contributed by atoms with van der Waals surface area (Å²) in [5.41, 5.74) is 1.01. The van der Waals surface area contributed by atoms with Gasteiger partial charge in [-0.25, -0.2) is 4.79 Å². The van der Waals surface area contributed by atoms with E-state index in [2.05, 4.69) is 0 Å². The van der Waals surface area contributed by atoms with Gasteiger partial charge in [0.2, 0.25) is 5.43 Å². The van der Waals surface area contributed by atoms with Gasteiger partial charge in [0.1, 0.15) is 11.2 Å². The number of ketones is 1. The van der Waals surface area contributed by atoms with Crippen LogP contribution < -0.4 is 5.43 Å². The van der Waals surface area contributed by atoms with Crippen molar-refractivity contribution in [2.24, 2.45) is 0 Å². The fourth-order valence-corrected chi connectivity index (χ4v) is 3.02. The molecule has 0 bridgehead atoms. The highest BCUT2D eigenvalue weighted by Crippen LogP contribution is 2.22. The van der Waals surface area contributed by atoms with Crippen molar-refractivity contribution in [1.29, 1.82) is 0 Å². The smallest absolute Gasteiger partial charge is 0.335 e. The third-order valence-corrected chi connectivity index (χ3v) is 4.54. The molecule has 0 amide bonds. The molecule has 0 aliphatic heterocycles. The molecule has 0 atom stereocenters. The number of hydrogen-bond acceptors (Lipinski definition) is 4. The molecule has 3 aromatic carbocycles. The van der Waals surface area contributed by atoms with Gasteiger partial charge in [0.15, 0.2) is 5.78 Å². The molecule has 1 aromatic heterocycles. The monoisotopic (exact) mass is 378 g/mol. The topological polar surface area (TPSA) is 84.6 Å².